The first kappa shape index (κ1) is 15.3. The van der Waals surface area contributed by atoms with Crippen LogP contribution >= 0.6 is 0 Å². The molecule has 1 aromatic rings. The lowest BCUT2D eigenvalue weighted by atomic mass is 9.90. The predicted molar refractivity (Wildman–Crippen MR) is 81.3 cm³/mol. The van der Waals surface area contributed by atoms with E-state index in [1.165, 1.54) is 7.05 Å². The predicted octanol–water partition coefficient (Wildman–Crippen LogP) is 1.30. The highest BCUT2D eigenvalue weighted by Gasteiger charge is 2.28. The van der Waals surface area contributed by atoms with Crippen LogP contribution in [0.25, 0.3) is 0 Å². The summed E-state index contributed by atoms with van der Waals surface area (Å²) in [7, 11) is -0.103. The highest BCUT2D eigenvalue weighted by molar-refractivity contribution is 7.89. The van der Waals surface area contributed by atoms with Gasteiger partial charge in [0.1, 0.15) is 4.90 Å². The van der Waals surface area contributed by atoms with Crippen molar-refractivity contribution in [3.63, 3.8) is 0 Å². The van der Waals surface area contributed by atoms with Gasteiger partial charge < -0.3 is 10.6 Å². The first-order chi connectivity index (χ1) is 9.47. The topological polar surface area (TPSA) is 75.4 Å². The van der Waals surface area contributed by atoms with E-state index in [1.807, 2.05) is 24.1 Å². The fraction of sp³-hybridized carbons (Fsp3) is 0.571. The van der Waals surface area contributed by atoms with Crippen LogP contribution < -0.4 is 15.4 Å². The Bertz CT molecular complexity index is 559. The quantitative estimate of drug-likeness (QED) is 0.878. The number of nitrogens with two attached hydrogens (primary N) is 1. The molecule has 0 aliphatic heterocycles. The minimum absolute atomic E-state index is 0.0964. The zero-order valence-corrected chi connectivity index (χ0v) is 12.9. The Labute approximate surface area is 121 Å². The smallest absolute Gasteiger partial charge is 0.242 e. The molecule has 1 aromatic carbocycles. The second-order valence-electron chi connectivity index (χ2n) is 5.30. The van der Waals surface area contributed by atoms with Crippen molar-refractivity contribution in [3.8, 4) is 0 Å². The Morgan fingerprint density at radius 3 is 2.55 bits per heavy atom. The Hall–Kier alpha value is -1.11. The summed E-state index contributed by atoms with van der Waals surface area (Å²) in [4.78, 5) is 2.33. The molecule has 0 heterocycles. The van der Waals surface area contributed by atoms with E-state index in [-0.39, 0.29) is 12.1 Å². The van der Waals surface area contributed by atoms with Gasteiger partial charge in [0.25, 0.3) is 0 Å². The SMILES string of the molecule is CNS(=O)(=O)c1ccccc1N(C)C1CCCCC1N. The van der Waals surface area contributed by atoms with E-state index in [9.17, 15) is 8.42 Å². The van der Waals surface area contributed by atoms with Crippen LogP contribution in [-0.2, 0) is 10.0 Å². The second-order valence-corrected chi connectivity index (χ2v) is 7.16. The molecule has 3 N–H and O–H groups in total. The van der Waals surface area contributed by atoms with Crippen molar-refractivity contribution in [2.24, 2.45) is 5.73 Å². The lowest BCUT2D eigenvalue weighted by molar-refractivity contribution is 0.373. The average molecular weight is 297 g/mol. The average Bonchev–Trinajstić information content (AvgIpc) is 2.47. The van der Waals surface area contributed by atoms with Crippen LogP contribution in [0, 0.1) is 0 Å². The highest BCUT2D eigenvalue weighted by Crippen LogP contribution is 2.30. The molecule has 0 amide bonds. The molecule has 2 unspecified atom stereocenters. The van der Waals surface area contributed by atoms with Crippen LogP contribution in [0.3, 0.4) is 0 Å². The Morgan fingerprint density at radius 1 is 1.25 bits per heavy atom. The number of sulfonamides is 1. The minimum atomic E-state index is -3.46. The van der Waals surface area contributed by atoms with Gasteiger partial charge in [-0.15, -0.1) is 0 Å². The van der Waals surface area contributed by atoms with Crippen molar-refractivity contribution >= 4 is 15.7 Å². The molecule has 0 saturated heterocycles. The molecule has 1 fully saturated rings. The molecule has 20 heavy (non-hydrogen) atoms. The maximum atomic E-state index is 12.1. The van der Waals surface area contributed by atoms with Gasteiger partial charge in [-0.3, -0.25) is 0 Å². The molecule has 0 spiro atoms. The summed E-state index contributed by atoms with van der Waals surface area (Å²) in [6.45, 7) is 0. The number of anilines is 1. The van der Waals surface area contributed by atoms with Gasteiger partial charge in [-0.1, -0.05) is 25.0 Å². The van der Waals surface area contributed by atoms with Gasteiger partial charge >= 0.3 is 0 Å². The van der Waals surface area contributed by atoms with E-state index < -0.39 is 10.0 Å². The molecule has 112 valence electrons. The van der Waals surface area contributed by atoms with Gasteiger partial charge in [0.05, 0.1) is 5.69 Å². The van der Waals surface area contributed by atoms with Gasteiger partial charge in [0.2, 0.25) is 10.0 Å². The van der Waals surface area contributed by atoms with Crippen molar-refractivity contribution in [3.05, 3.63) is 24.3 Å². The molecule has 0 aromatic heterocycles. The molecule has 6 heteroatoms. The highest BCUT2D eigenvalue weighted by atomic mass is 32.2. The van der Waals surface area contributed by atoms with Crippen molar-refractivity contribution in [2.45, 2.75) is 42.7 Å². The molecule has 5 nitrogen and oxygen atoms in total. The Kier molecular flexibility index (Phi) is 4.67. The van der Waals surface area contributed by atoms with Crippen molar-refractivity contribution in [1.82, 2.24) is 4.72 Å². The molecule has 0 radical (unpaired) electrons. The summed E-state index contributed by atoms with van der Waals surface area (Å²) < 4.78 is 26.6. The number of benzene rings is 1. The lowest BCUT2D eigenvalue weighted by Crippen LogP contribution is -2.48. The van der Waals surface area contributed by atoms with E-state index in [0.717, 1.165) is 25.7 Å². The summed E-state index contributed by atoms with van der Waals surface area (Å²) in [5.74, 6) is 0. The summed E-state index contributed by atoms with van der Waals surface area (Å²) in [5.41, 5.74) is 6.91. The largest absolute Gasteiger partial charge is 0.369 e. The van der Waals surface area contributed by atoms with Gasteiger partial charge in [-0.2, -0.15) is 0 Å². The van der Waals surface area contributed by atoms with E-state index in [1.54, 1.807) is 12.1 Å². The Morgan fingerprint density at radius 2 is 1.90 bits per heavy atom. The van der Waals surface area contributed by atoms with E-state index >= 15 is 0 Å². The summed E-state index contributed by atoms with van der Waals surface area (Å²) >= 11 is 0. The number of nitrogens with one attached hydrogen (secondary N) is 1. The lowest BCUT2D eigenvalue weighted by Gasteiger charge is -2.38. The maximum absolute atomic E-state index is 12.1. The molecule has 1 aliphatic rings. The summed E-state index contributed by atoms with van der Waals surface area (Å²) in [5, 5.41) is 0. The van der Waals surface area contributed by atoms with E-state index in [4.69, 9.17) is 5.73 Å². The van der Waals surface area contributed by atoms with Crippen LogP contribution in [0.4, 0.5) is 5.69 Å². The minimum Gasteiger partial charge on any atom is -0.369 e. The molecular formula is C14H23N3O2S. The van der Waals surface area contributed by atoms with Gasteiger partial charge in [0, 0.05) is 19.1 Å². The summed E-state index contributed by atoms with van der Waals surface area (Å²) in [6, 6.07) is 7.35. The van der Waals surface area contributed by atoms with E-state index in [2.05, 4.69) is 4.72 Å². The third-order valence-corrected chi connectivity index (χ3v) is 5.54. The number of hydrogen-bond acceptors (Lipinski definition) is 4. The monoisotopic (exact) mass is 297 g/mol. The number of rotatable bonds is 4. The van der Waals surface area contributed by atoms with Crippen LogP contribution in [0.1, 0.15) is 25.7 Å². The first-order valence-corrected chi connectivity index (χ1v) is 8.46. The molecule has 0 bridgehead atoms. The fourth-order valence-corrected chi connectivity index (χ4v) is 3.85. The number of para-hydroxylation sites is 1. The third kappa shape index (κ3) is 2.97. The van der Waals surface area contributed by atoms with Gasteiger partial charge in [-0.25, -0.2) is 13.1 Å². The van der Waals surface area contributed by atoms with Crippen LogP contribution in [0.2, 0.25) is 0 Å². The molecule has 1 saturated carbocycles. The number of likely N-dealkylation sites (N-methyl/N-ethyl adjacent to an activating group) is 1. The van der Waals surface area contributed by atoms with Gasteiger partial charge in [0.15, 0.2) is 0 Å². The molecule has 1 aliphatic carbocycles. The van der Waals surface area contributed by atoms with Crippen LogP contribution in [-0.4, -0.2) is 34.6 Å². The van der Waals surface area contributed by atoms with Crippen LogP contribution in [0.15, 0.2) is 29.2 Å². The number of hydrogen-bond donors (Lipinski definition) is 2. The second kappa shape index (κ2) is 6.11. The fourth-order valence-electron chi connectivity index (χ4n) is 2.89. The number of nitrogens with zero attached hydrogens (tertiary/aromatic N) is 1. The maximum Gasteiger partial charge on any atom is 0.242 e. The summed E-state index contributed by atoms with van der Waals surface area (Å²) in [6.07, 6.45) is 4.30. The van der Waals surface area contributed by atoms with Crippen molar-refractivity contribution in [1.29, 1.82) is 0 Å². The molecule has 2 atom stereocenters. The zero-order chi connectivity index (χ0) is 14.8. The normalized spacial score (nSPS) is 23.6. The molecule has 2 rings (SSSR count). The van der Waals surface area contributed by atoms with Crippen molar-refractivity contribution in [2.75, 3.05) is 19.0 Å². The van der Waals surface area contributed by atoms with Crippen molar-refractivity contribution < 1.29 is 8.42 Å². The van der Waals surface area contributed by atoms with Crippen LogP contribution in [0.5, 0.6) is 0 Å². The third-order valence-electron chi connectivity index (χ3n) is 4.08. The molecular weight excluding hydrogens is 274 g/mol. The first-order valence-electron chi connectivity index (χ1n) is 6.98. The Balaban J connectivity index is 2.37. The van der Waals surface area contributed by atoms with Gasteiger partial charge in [-0.05, 0) is 32.0 Å². The zero-order valence-electron chi connectivity index (χ0n) is 12.0. The van der Waals surface area contributed by atoms with E-state index in [0.29, 0.717) is 10.6 Å². The standard InChI is InChI=1S/C14H23N3O2S/c1-16-20(18,19)14-10-6-5-9-13(14)17(2)12-8-4-3-7-11(12)15/h5-6,9-12,16H,3-4,7-8,15H2,1-2H3.